The van der Waals surface area contributed by atoms with Crippen LogP contribution < -0.4 is 0 Å². The molecule has 1 heterocycles. The molecule has 0 spiro atoms. The molecule has 0 aliphatic heterocycles. The van der Waals surface area contributed by atoms with Crippen molar-refractivity contribution in [2.24, 2.45) is 0 Å². The Morgan fingerprint density at radius 1 is 1.67 bits per heavy atom. The monoisotopic (exact) mass is 238 g/mol. The lowest BCUT2D eigenvalue weighted by Gasteiger charge is -2.04. The first kappa shape index (κ1) is 11.7. The van der Waals surface area contributed by atoms with Gasteiger partial charge in [-0.25, -0.2) is 13.8 Å². The van der Waals surface area contributed by atoms with Crippen molar-refractivity contribution in [2.75, 3.05) is 0 Å². The van der Waals surface area contributed by atoms with Crippen LogP contribution in [-0.4, -0.2) is 15.0 Å². The van der Waals surface area contributed by atoms with Gasteiger partial charge in [0, 0.05) is 6.07 Å². The molecule has 0 atom stereocenters. The second-order valence-corrected chi connectivity index (χ2v) is 2.91. The Kier molecular flexibility index (Phi) is 3.48. The van der Waals surface area contributed by atoms with Gasteiger partial charge in [-0.2, -0.15) is 0 Å². The number of aromatic nitrogens is 1. The molecule has 1 N–H and O–H groups in total. The average Bonchev–Trinajstić information content (AvgIpc) is 2.16. The van der Waals surface area contributed by atoms with Gasteiger partial charge in [0.05, 0.1) is 17.1 Å². The molecule has 0 fully saturated rings. The van der Waals surface area contributed by atoms with Crippen molar-refractivity contribution in [1.29, 1.82) is 0 Å². The highest BCUT2D eigenvalue weighted by Crippen LogP contribution is 2.29. The maximum Gasteiger partial charge on any atom is 0.280 e. The minimum Gasteiger partial charge on any atom is -0.391 e. The van der Waals surface area contributed by atoms with Crippen molar-refractivity contribution in [3.8, 4) is 0 Å². The highest BCUT2D eigenvalue weighted by atomic mass is 35.5. The third-order valence-electron chi connectivity index (χ3n) is 1.65. The lowest BCUT2D eigenvalue weighted by Crippen LogP contribution is -2.01. The van der Waals surface area contributed by atoms with E-state index in [2.05, 4.69) is 4.98 Å². The van der Waals surface area contributed by atoms with Crippen molar-refractivity contribution in [1.82, 2.24) is 4.98 Å². The summed E-state index contributed by atoms with van der Waals surface area (Å²) in [4.78, 5) is 12.8. The van der Waals surface area contributed by atoms with Gasteiger partial charge in [0.2, 0.25) is 0 Å². The van der Waals surface area contributed by atoms with E-state index in [1.54, 1.807) is 0 Å². The van der Waals surface area contributed by atoms with E-state index in [4.69, 9.17) is 16.7 Å². The summed E-state index contributed by atoms with van der Waals surface area (Å²) in [5.74, 6) is 0. The number of hydrogen-bond donors (Lipinski definition) is 1. The standard InChI is InChI=1S/C7H5ClF2N2O3/c8-6-3(2-13)5(12(14)15)1-4(11-6)7(9)10/h1,7,13H,2H2. The largest absolute Gasteiger partial charge is 0.391 e. The van der Waals surface area contributed by atoms with E-state index in [1.807, 2.05) is 0 Å². The molecular formula is C7H5ClF2N2O3. The summed E-state index contributed by atoms with van der Waals surface area (Å²) in [5, 5.41) is 18.7. The van der Waals surface area contributed by atoms with Crippen LogP contribution in [0.3, 0.4) is 0 Å². The van der Waals surface area contributed by atoms with Crippen molar-refractivity contribution in [2.45, 2.75) is 13.0 Å². The van der Waals surface area contributed by atoms with Crippen LogP contribution in [0, 0.1) is 10.1 Å². The Hall–Kier alpha value is -1.34. The van der Waals surface area contributed by atoms with E-state index < -0.39 is 34.5 Å². The van der Waals surface area contributed by atoms with Crippen molar-refractivity contribution < 1.29 is 18.8 Å². The predicted octanol–water partition coefficient (Wildman–Crippen LogP) is 2.07. The molecular weight excluding hydrogens is 234 g/mol. The van der Waals surface area contributed by atoms with Gasteiger partial charge in [0.15, 0.2) is 0 Å². The van der Waals surface area contributed by atoms with E-state index in [1.165, 1.54) is 0 Å². The first-order valence-electron chi connectivity index (χ1n) is 3.70. The molecule has 1 rings (SSSR count). The van der Waals surface area contributed by atoms with E-state index >= 15 is 0 Å². The summed E-state index contributed by atoms with van der Waals surface area (Å²) in [7, 11) is 0. The Morgan fingerprint density at radius 3 is 2.67 bits per heavy atom. The van der Waals surface area contributed by atoms with Gasteiger partial charge in [-0.3, -0.25) is 10.1 Å². The SMILES string of the molecule is O=[N+]([O-])c1cc(C(F)F)nc(Cl)c1CO. The first-order valence-corrected chi connectivity index (χ1v) is 4.08. The number of aliphatic hydroxyl groups excluding tert-OH is 1. The molecule has 82 valence electrons. The molecule has 0 unspecified atom stereocenters. The van der Waals surface area contributed by atoms with Gasteiger partial charge in [0.1, 0.15) is 10.8 Å². The van der Waals surface area contributed by atoms with E-state index in [0.717, 1.165) is 0 Å². The summed E-state index contributed by atoms with van der Waals surface area (Å²) in [5.41, 5.74) is -1.72. The summed E-state index contributed by atoms with van der Waals surface area (Å²) < 4.78 is 24.4. The Labute approximate surface area is 87.5 Å². The van der Waals surface area contributed by atoms with Gasteiger partial charge in [-0.1, -0.05) is 11.6 Å². The summed E-state index contributed by atoms with van der Waals surface area (Å²) in [6.07, 6.45) is -2.95. The van der Waals surface area contributed by atoms with Crippen molar-refractivity contribution in [3.05, 3.63) is 32.6 Å². The number of nitrogens with zero attached hydrogens (tertiary/aromatic N) is 2. The number of aliphatic hydroxyl groups is 1. The normalized spacial score (nSPS) is 10.7. The molecule has 0 aliphatic carbocycles. The molecule has 0 radical (unpaired) electrons. The fourth-order valence-corrected chi connectivity index (χ4v) is 1.22. The molecule has 0 saturated heterocycles. The van der Waals surface area contributed by atoms with Crippen molar-refractivity contribution >= 4 is 17.3 Å². The van der Waals surface area contributed by atoms with Crippen LogP contribution in [0.15, 0.2) is 6.07 Å². The third kappa shape index (κ3) is 2.37. The fraction of sp³-hybridized carbons (Fsp3) is 0.286. The van der Waals surface area contributed by atoms with Crippen LogP contribution in [-0.2, 0) is 6.61 Å². The minimum atomic E-state index is -2.95. The second kappa shape index (κ2) is 4.45. The minimum absolute atomic E-state index is 0.272. The maximum absolute atomic E-state index is 12.2. The fourth-order valence-electron chi connectivity index (χ4n) is 0.967. The number of halogens is 3. The highest BCUT2D eigenvalue weighted by molar-refractivity contribution is 6.30. The van der Waals surface area contributed by atoms with Gasteiger partial charge >= 0.3 is 0 Å². The molecule has 0 saturated carbocycles. The molecule has 5 nitrogen and oxygen atoms in total. The summed E-state index contributed by atoms with van der Waals surface area (Å²) >= 11 is 5.41. The lowest BCUT2D eigenvalue weighted by atomic mass is 10.2. The summed E-state index contributed by atoms with van der Waals surface area (Å²) in [6, 6.07) is 0.599. The zero-order valence-corrected chi connectivity index (χ0v) is 7.91. The van der Waals surface area contributed by atoms with Gasteiger partial charge in [-0.05, 0) is 0 Å². The zero-order valence-electron chi connectivity index (χ0n) is 7.15. The number of alkyl halides is 2. The smallest absolute Gasteiger partial charge is 0.280 e. The Morgan fingerprint density at radius 2 is 2.27 bits per heavy atom. The predicted molar refractivity (Wildman–Crippen MR) is 46.8 cm³/mol. The maximum atomic E-state index is 12.2. The van der Waals surface area contributed by atoms with Crippen LogP contribution in [0.2, 0.25) is 5.15 Å². The number of hydrogen-bond acceptors (Lipinski definition) is 4. The molecule has 1 aromatic heterocycles. The zero-order chi connectivity index (χ0) is 11.6. The van der Waals surface area contributed by atoms with Crippen LogP contribution >= 0.6 is 11.6 Å². The lowest BCUT2D eigenvalue weighted by molar-refractivity contribution is -0.386. The molecule has 0 amide bonds. The molecule has 0 aliphatic rings. The average molecular weight is 239 g/mol. The topological polar surface area (TPSA) is 76.3 Å². The molecule has 15 heavy (non-hydrogen) atoms. The second-order valence-electron chi connectivity index (χ2n) is 2.55. The molecule has 8 heteroatoms. The highest BCUT2D eigenvalue weighted by Gasteiger charge is 2.22. The molecule has 0 aromatic carbocycles. The van der Waals surface area contributed by atoms with Gasteiger partial charge in [-0.15, -0.1) is 0 Å². The number of nitro groups is 1. The van der Waals surface area contributed by atoms with E-state index in [-0.39, 0.29) is 5.56 Å². The van der Waals surface area contributed by atoms with E-state index in [9.17, 15) is 18.9 Å². The number of pyridine rings is 1. The summed E-state index contributed by atoms with van der Waals surface area (Å²) in [6.45, 7) is -0.730. The third-order valence-corrected chi connectivity index (χ3v) is 1.96. The van der Waals surface area contributed by atoms with Crippen molar-refractivity contribution in [3.63, 3.8) is 0 Å². The van der Waals surface area contributed by atoms with Gasteiger partial charge < -0.3 is 5.11 Å². The Bertz CT molecular complexity index is 400. The van der Waals surface area contributed by atoms with Crippen LogP contribution in [0.5, 0.6) is 0 Å². The first-order chi connectivity index (χ1) is 6.97. The molecule has 1 aromatic rings. The quantitative estimate of drug-likeness (QED) is 0.497. The van der Waals surface area contributed by atoms with Crippen LogP contribution in [0.1, 0.15) is 17.7 Å². The van der Waals surface area contributed by atoms with Crippen LogP contribution in [0.25, 0.3) is 0 Å². The van der Waals surface area contributed by atoms with Crippen LogP contribution in [0.4, 0.5) is 14.5 Å². The molecule has 0 bridgehead atoms. The van der Waals surface area contributed by atoms with E-state index in [0.29, 0.717) is 6.07 Å². The number of rotatable bonds is 3. The van der Waals surface area contributed by atoms with Gasteiger partial charge in [0.25, 0.3) is 12.1 Å². The Balaban J connectivity index is 3.38.